The number of nitrogens with zero attached hydrogens (tertiary/aromatic N) is 2. The summed E-state index contributed by atoms with van der Waals surface area (Å²) in [5.41, 5.74) is 5.93. The fourth-order valence-electron chi connectivity index (χ4n) is 3.64. The number of thiazole rings is 1. The Morgan fingerprint density at radius 2 is 1.76 bits per heavy atom. The molecule has 3 aromatic carbocycles. The highest BCUT2D eigenvalue weighted by Crippen LogP contribution is 2.21. The SMILES string of the molecule is Cc1cc2nc3s/c(=C\c4ccc(OCc5ccc(C(=O)O)cc5)cc4)c(=O)n3c2cc1C. The second-order valence-corrected chi connectivity index (χ2v) is 8.94. The highest BCUT2D eigenvalue weighted by atomic mass is 32.1. The maximum Gasteiger partial charge on any atom is 0.335 e. The van der Waals surface area contributed by atoms with Crippen molar-refractivity contribution in [2.75, 3.05) is 0 Å². The van der Waals surface area contributed by atoms with Crippen molar-refractivity contribution in [1.82, 2.24) is 9.38 Å². The van der Waals surface area contributed by atoms with E-state index in [-0.39, 0.29) is 11.1 Å². The number of imidazole rings is 1. The van der Waals surface area contributed by atoms with Gasteiger partial charge >= 0.3 is 5.97 Å². The Morgan fingerprint density at radius 1 is 1.06 bits per heavy atom. The number of carboxylic acids is 1. The molecule has 33 heavy (non-hydrogen) atoms. The molecule has 0 saturated heterocycles. The minimum Gasteiger partial charge on any atom is -0.489 e. The maximum atomic E-state index is 13.0. The van der Waals surface area contributed by atoms with E-state index in [0.29, 0.717) is 21.8 Å². The van der Waals surface area contributed by atoms with Crippen LogP contribution in [0.1, 0.15) is 32.6 Å². The predicted octanol–water partition coefficient (Wildman–Crippen LogP) is 4.35. The van der Waals surface area contributed by atoms with E-state index in [1.54, 1.807) is 28.7 Å². The lowest BCUT2D eigenvalue weighted by Crippen LogP contribution is -2.22. The van der Waals surface area contributed by atoms with Gasteiger partial charge < -0.3 is 9.84 Å². The van der Waals surface area contributed by atoms with E-state index in [4.69, 9.17) is 9.84 Å². The third-order valence-corrected chi connectivity index (χ3v) is 6.61. The lowest BCUT2D eigenvalue weighted by atomic mass is 10.1. The summed E-state index contributed by atoms with van der Waals surface area (Å²) in [7, 11) is 0. The number of carboxylic acid groups (broad SMARTS) is 1. The standard InChI is InChI=1S/C26H20N2O4S/c1-15-11-21-22(12-16(15)2)28-24(29)23(33-26(28)27-21)13-17-5-9-20(10-6-17)32-14-18-3-7-19(8-4-18)25(30)31/h3-13H,14H2,1-2H3,(H,30,31)/b23-13-. The second kappa shape index (κ2) is 8.18. The second-order valence-electron chi connectivity index (χ2n) is 7.93. The fraction of sp³-hybridized carbons (Fsp3) is 0.115. The van der Waals surface area contributed by atoms with E-state index in [1.807, 2.05) is 56.3 Å². The van der Waals surface area contributed by atoms with Crippen LogP contribution in [0.4, 0.5) is 0 Å². The van der Waals surface area contributed by atoms with Crippen molar-refractivity contribution in [2.24, 2.45) is 0 Å². The number of carbonyl (C=O) groups is 1. The van der Waals surface area contributed by atoms with Crippen LogP contribution < -0.4 is 14.8 Å². The van der Waals surface area contributed by atoms with Gasteiger partial charge in [0.15, 0.2) is 4.96 Å². The highest BCUT2D eigenvalue weighted by molar-refractivity contribution is 7.15. The first-order valence-electron chi connectivity index (χ1n) is 10.4. The average Bonchev–Trinajstić information content (AvgIpc) is 3.29. The van der Waals surface area contributed by atoms with Gasteiger partial charge in [0.2, 0.25) is 0 Å². The van der Waals surface area contributed by atoms with Crippen molar-refractivity contribution in [3.8, 4) is 5.75 Å². The Labute approximate surface area is 193 Å². The van der Waals surface area contributed by atoms with Crippen molar-refractivity contribution in [1.29, 1.82) is 0 Å². The van der Waals surface area contributed by atoms with Crippen molar-refractivity contribution in [3.63, 3.8) is 0 Å². The van der Waals surface area contributed by atoms with Crippen LogP contribution in [0, 0.1) is 13.8 Å². The van der Waals surface area contributed by atoms with Crippen LogP contribution in [0.15, 0.2) is 65.5 Å². The summed E-state index contributed by atoms with van der Waals surface area (Å²) in [4.78, 5) is 29.3. The van der Waals surface area contributed by atoms with Gasteiger partial charge in [-0.15, -0.1) is 0 Å². The molecule has 0 fully saturated rings. The van der Waals surface area contributed by atoms with Crippen LogP contribution in [0.25, 0.3) is 22.1 Å². The summed E-state index contributed by atoms with van der Waals surface area (Å²) in [6.45, 7) is 4.41. The minimum absolute atomic E-state index is 0.0640. The van der Waals surface area contributed by atoms with Crippen molar-refractivity contribution >= 4 is 39.4 Å². The topological polar surface area (TPSA) is 80.9 Å². The van der Waals surface area contributed by atoms with Gasteiger partial charge in [0.05, 0.1) is 21.1 Å². The third-order valence-electron chi connectivity index (χ3n) is 5.64. The molecule has 0 atom stereocenters. The van der Waals surface area contributed by atoms with Gasteiger partial charge in [0.25, 0.3) is 5.56 Å². The number of benzene rings is 3. The smallest absolute Gasteiger partial charge is 0.335 e. The van der Waals surface area contributed by atoms with E-state index >= 15 is 0 Å². The van der Waals surface area contributed by atoms with Gasteiger partial charge in [-0.3, -0.25) is 4.79 Å². The van der Waals surface area contributed by atoms with Crippen LogP contribution >= 0.6 is 11.3 Å². The molecule has 6 nitrogen and oxygen atoms in total. The van der Waals surface area contributed by atoms with Crippen molar-refractivity contribution in [2.45, 2.75) is 20.5 Å². The number of hydrogen-bond donors (Lipinski definition) is 1. The van der Waals surface area contributed by atoms with Gasteiger partial charge in [0, 0.05) is 0 Å². The van der Waals surface area contributed by atoms with Crippen LogP contribution in [-0.2, 0) is 6.61 Å². The van der Waals surface area contributed by atoms with E-state index in [9.17, 15) is 9.59 Å². The number of aryl methyl sites for hydroxylation is 2. The fourth-order valence-corrected chi connectivity index (χ4v) is 4.63. The summed E-state index contributed by atoms with van der Waals surface area (Å²) in [5, 5.41) is 8.97. The molecule has 1 N–H and O–H groups in total. The average molecular weight is 457 g/mol. The lowest BCUT2D eigenvalue weighted by molar-refractivity contribution is 0.0697. The molecule has 7 heteroatoms. The van der Waals surface area contributed by atoms with E-state index in [1.165, 1.54) is 11.3 Å². The van der Waals surface area contributed by atoms with E-state index < -0.39 is 5.97 Å². The number of fused-ring (bicyclic) bond motifs is 3. The van der Waals surface area contributed by atoms with E-state index in [0.717, 1.165) is 33.3 Å². The Hall–Kier alpha value is -3.97. The summed E-state index contributed by atoms with van der Waals surface area (Å²) >= 11 is 1.38. The normalized spacial score (nSPS) is 12.0. The molecule has 0 saturated carbocycles. The van der Waals surface area contributed by atoms with Gasteiger partial charge in [-0.25, -0.2) is 14.2 Å². The maximum absolute atomic E-state index is 13.0. The first-order valence-corrected chi connectivity index (χ1v) is 11.2. The van der Waals surface area contributed by atoms with Crippen LogP contribution in [-0.4, -0.2) is 20.5 Å². The summed E-state index contributed by atoms with van der Waals surface area (Å²) in [5.74, 6) is -0.261. The molecule has 0 spiro atoms. The molecule has 0 aliphatic heterocycles. The third kappa shape index (κ3) is 3.99. The largest absolute Gasteiger partial charge is 0.489 e. The molecule has 0 amide bonds. The molecule has 0 radical (unpaired) electrons. The number of aromatic nitrogens is 2. The Bertz CT molecular complexity index is 1610. The first kappa shape index (κ1) is 20.9. The van der Waals surface area contributed by atoms with Gasteiger partial charge in [-0.05, 0) is 78.6 Å². The quantitative estimate of drug-likeness (QED) is 0.425. The first-order chi connectivity index (χ1) is 15.9. The van der Waals surface area contributed by atoms with Gasteiger partial charge in [-0.1, -0.05) is 35.6 Å². The van der Waals surface area contributed by atoms with Crippen molar-refractivity contribution < 1.29 is 14.6 Å². The molecule has 2 heterocycles. The number of aromatic carboxylic acids is 1. The molecular formula is C26H20N2O4S. The molecule has 0 unspecified atom stereocenters. The Morgan fingerprint density at radius 3 is 2.45 bits per heavy atom. The molecule has 5 rings (SSSR count). The molecule has 164 valence electrons. The molecule has 0 aliphatic carbocycles. The van der Waals surface area contributed by atoms with Crippen LogP contribution in [0.3, 0.4) is 0 Å². The Balaban J connectivity index is 1.37. The molecular weight excluding hydrogens is 436 g/mol. The molecule has 2 aromatic heterocycles. The lowest BCUT2D eigenvalue weighted by Gasteiger charge is -2.07. The minimum atomic E-state index is -0.951. The number of hydrogen-bond acceptors (Lipinski definition) is 5. The zero-order chi connectivity index (χ0) is 23.1. The van der Waals surface area contributed by atoms with Crippen LogP contribution in [0.5, 0.6) is 5.75 Å². The molecule has 0 bridgehead atoms. The summed E-state index contributed by atoms with van der Waals surface area (Å²) < 4.78 is 8.11. The van der Waals surface area contributed by atoms with Gasteiger partial charge in [-0.2, -0.15) is 0 Å². The predicted molar refractivity (Wildman–Crippen MR) is 129 cm³/mol. The summed E-state index contributed by atoms with van der Waals surface area (Å²) in [6, 6.07) is 18.1. The number of rotatable bonds is 5. The molecule has 0 aliphatic rings. The Kier molecular flexibility index (Phi) is 5.18. The van der Waals surface area contributed by atoms with Gasteiger partial charge in [0.1, 0.15) is 12.4 Å². The monoisotopic (exact) mass is 456 g/mol. The zero-order valence-corrected chi connectivity index (χ0v) is 18.8. The highest BCUT2D eigenvalue weighted by Gasteiger charge is 2.12. The van der Waals surface area contributed by atoms with Crippen LogP contribution in [0.2, 0.25) is 0 Å². The van der Waals surface area contributed by atoms with Crippen molar-refractivity contribution in [3.05, 3.63) is 103 Å². The number of ether oxygens (including phenoxy) is 1. The summed E-state index contributed by atoms with van der Waals surface area (Å²) in [6.07, 6.45) is 1.86. The zero-order valence-electron chi connectivity index (χ0n) is 18.0. The van der Waals surface area contributed by atoms with E-state index in [2.05, 4.69) is 4.98 Å². The molecule has 5 aromatic rings.